The molecule has 54 heavy (non-hydrogen) atoms. The number of rotatable bonds is 13. The first-order valence-electron chi connectivity index (χ1n) is 16.8. The largest absolute Gasteiger partial charge is 0.486 e. The van der Waals surface area contributed by atoms with Crippen LogP contribution in [-0.4, -0.2) is 90.2 Å². The van der Waals surface area contributed by atoms with Crippen molar-refractivity contribution in [3.63, 3.8) is 0 Å². The lowest BCUT2D eigenvalue weighted by molar-refractivity contribution is -0.165. The van der Waals surface area contributed by atoms with Gasteiger partial charge in [0, 0.05) is 29.3 Å². The summed E-state index contributed by atoms with van der Waals surface area (Å²) in [5.74, 6) is -2.49. The van der Waals surface area contributed by atoms with E-state index in [-0.39, 0.29) is 18.5 Å². The number of halogens is 4. The molecule has 5 N–H and O–H groups in total. The third-order valence-corrected chi connectivity index (χ3v) is 8.93. The zero-order valence-electron chi connectivity index (χ0n) is 30.3. The van der Waals surface area contributed by atoms with Crippen molar-refractivity contribution >= 4 is 47.5 Å². The number of carboxylic acids is 2. The van der Waals surface area contributed by atoms with Crippen LogP contribution in [0.3, 0.4) is 0 Å². The summed E-state index contributed by atoms with van der Waals surface area (Å²) in [7, 11) is 6.13. The Morgan fingerprint density at radius 3 is 1.74 bits per heavy atom. The Labute approximate surface area is 324 Å². The number of anilines is 2. The molecule has 4 aromatic rings. The number of nitrogens with zero attached hydrogens (tertiary/aromatic N) is 2. The van der Waals surface area contributed by atoms with E-state index in [9.17, 15) is 22.8 Å². The van der Waals surface area contributed by atoms with Crippen LogP contribution in [0.5, 0.6) is 5.75 Å². The number of aliphatic carboxylic acids is 2. The number of aliphatic hydroxyl groups excluding tert-OH is 2. The van der Waals surface area contributed by atoms with Crippen molar-refractivity contribution in [2.75, 3.05) is 45.7 Å². The maximum atomic E-state index is 12.6. The molecule has 1 aliphatic rings. The molecule has 1 heterocycles. The van der Waals surface area contributed by atoms with Crippen molar-refractivity contribution in [1.82, 2.24) is 10.2 Å². The second-order valence-electron chi connectivity index (χ2n) is 12.5. The Kier molecular flexibility index (Phi) is 18.8. The summed E-state index contributed by atoms with van der Waals surface area (Å²) in [4.78, 5) is 27.0. The van der Waals surface area contributed by atoms with Crippen LogP contribution in [0.25, 0.3) is 0 Å². The fraction of sp³-hybridized carbons (Fsp3) is 0.333. The van der Waals surface area contributed by atoms with E-state index in [4.69, 9.17) is 25.2 Å². The molecule has 0 aliphatic carbocycles. The highest BCUT2D eigenvalue weighted by Crippen LogP contribution is 2.48. The molecule has 1 aliphatic heterocycles. The van der Waals surface area contributed by atoms with Crippen molar-refractivity contribution < 1.29 is 47.9 Å². The first kappa shape index (κ1) is 45.8. The fourth-order valence-corrected chi connectivity index (χ4v) is 6.46. The maximum absolute atomic E-state index is 12.6. The van der Waals surface area contributed by atoms with Crippen molar-refractivity contribution in [3.05, 3.63) is 114 Å². The summed E-state index contributed by atoms with van der Waals surface area (Å²) in [6.07, 6.45) is -8.34. The minimum absolute atomic E-state index is 0. The Morgan fingerprint density at radius 2 is 1.30 bits per heavy atom. The second-order valence-corrected chi connectivity index (χ2v) is 13.6. The summed E-state index contributed by atoms with van der Waals surface area (Å²) >= 11 is 1.88. The van der Waals surface area contributed by atoms with Gasteiger partial charge in [0.15, 0.2) is 12.2 Å². The number of hydrogen-bond donors (Lipinski definition) is 5. The first-order valence-corrected chi connectivity index (χ1v) is 17.6. The van der Waals surface area contributed by atoms with Crippen LogP contribution in [0.1, 0.15) is 30.6 Å². The number of ether oxygens (including phenoxy) is 1. The van der Waals surface area contributed by atoms with Crippen molar-refractivity contribution in [2.24, 2.45) is 5.92 Å². The van der Waals surface area contributed by atoms with Crippen molar-refractivity contribution in [3.8, 4) is 5.75 Å². The van der Waals surface area contributed by atoms with Gasteiger partial charge in [-0.2, -0.15) is 13.2 Å². The molecule has 5 rings (SSSR count). The van der Waals surface area contributed by atoms with Gasteiger partial charge < -0.3 is 40.3 Å². The highest BCUT2D eigenvalue weighted by molar-refractivity contribution is 7.99. The van der Waals surface area contributed by atoms with Gasteiger partial charge in [0.05, 0.1) is 16.9 Å². The molecule has 4 unspecified atom stereocenters. The Morgan fingerprint density at radius 1 is 0.815 bits per heavy atom. The molecule has 0 spiro atoms. The topological polar surface area (TPSA) is 143 Å². The fourth-order valence-electron chi connectivity index (χ4n) is 5.36. The van der Waals surface area contributed by atoms with E-state index >= 15 is 0 Å². The highest BCUT2D eigenvalue weighted by Gasteiger charge is 2.31. The number of aliphatic hydroxyl groups is 2. The van der Waals surface area contributed by atoms with Gasteiger partial charge in [-0.15, -0.1) is 12.4 Å². The van der Waals surface area contributed by atoms with E-state index in [1.807, 2.05) is 49.1 Å². The van der Waals surface area contributed by atoms with Crippen LogP contribution < -0.4 is 15.0 Å². The number of nitrogens with one attached hydrogen (secondary N) is 1. The van der Waals surface area contributed by atoms with E-state index in [0.717, 1.165) is 43.8 Å². The Hall–Kier alpha value is -4.31. The molecule has 0 radical (unpaired) electrons. The quantitative estimate of drug-likeness (QED) is 0.0937. The van der Waals surface area contributed by atoms with Crippen LogP contribution >= 0.6 is 24.2 Å². The normalized spacial score (nSPS) is 13.9. The number of para-hydroxylation sites is 2. The van der Waals surface area contributed by atoms with Gasteiger partial charge in [0.25, 0.3) is 0 Å². The third kappa shape index (κ3) is 14.2. The molecule has 10 nitrogen and oxygen atoms in total. The smallest absolute Gasteiger partial charge is 0.416 e. The van der Waals surface area contributed by atoms with Gasteiger partial charge in [0.2, 0.25) is 0 Å². The molecule has 0 saturated heterocycles. The van der Waals surface area contributed by atoms with Gasteiger partial charge in [-0.25, -0.2) is 9.59 Å². The molecule has 294 valence electrons. The van der Waals surface area contributed by atoms with Gasteiger partial charge in [-0.1, -0.05) is 73.3 Å². The van der Waals surface area contributed by atoms with E-state index in [1.165, 1.54) is 33.3 Å². The monoisotopic (exact) mass is 793 g/mol. The zero-order valence-corrected chi connectivity index (χ0v) is 31.9. The number of carbonyl (C=O) groups is 2. The molecule has 0 amide bonds. The summed E-state index contributed by atoms with van der Waals surface area (Å²) in [5.41, 5.74) is 3.00. The number of hydrogen-bond acceptors (Lipinski definition) is 9. The van der Waals surface area contributed by atoms with Gasteiger partial charge >= 0.3 is 18.1 Å². The minimum Gasteiger partial charge on any atom is -0.486 e. The van der Waals surface area contributed by atoms with Gasteiger partial charge in [0.1, 0.15) is 11.9 Å². The molecule has 0 bridgehead atoms. The maximum Gasteiger partial charge on any atom is 0.416 e. The predicted octanol–water partition coefficient (Wildman–Crippen LogP) is 7.22. The molecule has 0 saturated carbocycles. The van der Waals surface area contributed by atoms with Crippen molar-refractivity contribution in [1.29, 1.82) is 0 Å². The van der Waals surface area contributed by atoms with Gasteiger partial charge in [-0.3, -0.25) is 0 Å². The van der Waals surface area contributed by atoms with Crippen molar-refractivity contribution in [2.45, 2.75) is 47.6 Å². The summed E-state index contributed by atoms with van der Waals surface area (Å²) in [6, 6.07) is 31.9. The van der Waals surface area contributed by atoms with Crippen LogP contribution in [-0.2, 0) is 15.8 Å². The first-order chi connectivity index (χ1) is 25.1. The molecular formula is C39H47ClF3N3O7S. The molecular weight excluding hydrogens is 747 g/mol. The highest BCUT2D eigenvalue weighted by atomic mass is 35.5. The van der Waals surface area contributed by atoms with E-state index < -0.39 is 35.9 Å². The molecule has 4 atom stereocenters. The van der Waals surface area contributed by atoms with Crippen LogP contribution in [0.2, 0.25) is 0 Å². The number of alkyl halides is 3. The number of fused-ring (bicyclic) bond motifs is 2. The van der Waals surface area contributed by atoms with Crippen LogP contribution in [0, 0.1) is 5.92 Å². The summed E-state index contributed by atoms with van der Waals surface area (Å²) in [5, 5.41) is 35.6. The average molecular weight is 794 g/mol. The van der Waals surface area contributed by atoms with Gasteiger partial charge in [-0.05, 0) is 87.7 Å². The predicted molar refractivity (Wildman–Crippen MR) is 206 cm³/mol. The average Bonchev–Trinajstić information content (AvgIpc) is 3.13. The lowest BCUT2D eigenvalue weighted by atomic mass is 10.1. The number of benzene rings is 4. The van der Waals surface area contributed by atoms with E-state index in [2.05, 4.69) is 84.7 Å². The molecule has 0 fully saturated rings. The number of carboxylic acid groups (broad SMARTS) is 2. The SMILES string of the molecule is CC(CN(C)C)CN1c2ccccc2Sc2ccccc21.CNCCC(Oc1ccc(C(F)(F)F)cc1)c1ccccc1.Cl.O=C(O)C(O)C(O)C(=O)O. The Balaban J connectivity index is 0.000000297. The van der Waals surface area contributed by atoms with E-state index in [0.29, 0.717) is 11.7 Å². The molecule has 0 aromatic heterocycles. The lowest BCUT2D eigenvalue weighted by Gasteiger charge is -2.35. The zero-order chi connectivity index (χ0) is 39.1. The third-order valence-electron chi connectivity index (χ3n) is 7.80. The van der Waals surface area contributed by atoms with Crippen LogP contribution in [0.15, 0.2) is 113 Å². The second kappa shape index (κ2) is 22.2. The van der Waals surface area contributed by atoms with E-state index in [1.54, 1.807) is 0 Å². The minimum atomic E-state index is -4.33. The lowest BCUT2D eigenvalue weighted by Crippen LogP contribution is -2.39. The van der Waals surface area contributed by atoms with Crippen LogP contribution in [0.4, 0.5) is 24.5 Å². The summed E-state index contributed by atoms with van der Waals surface area (Å²) in [6.45, 7) is 5.23. The standard InChI is InChI=1S/C18H22N2S.C17H18F3NO.C4H6O6.ClH/c1-14(12-19(2)3)13-20-15-8-4-6-10-17(15)21-18-11-7-5-9-16(18)20;1-21-12-11-16(13-5-3-2-4-6-13)22-15-9-7-14(8-10-15)17(18,19)20;5-1(3(7)8)2(6)4(9)10;/h4-11,14H,12-13H2,1-3H3;2-10,16,21H,11-12H2,1H3;1-2,5-6H,(H,7,8)(H,9,10);1H. The Bertz CT molecular complexity index is 1670. The molecule has 15 heteroatoms. The molecule has 4 aromatic carbocycles. The summed E-state index contributed by atoms with van der Waals surface area (Å²) < 4.78 is 43.6.